The van der Waals surface area contributed by atoms with Crippen molar-refractivity contribution in [1.82, 2.24) is 10.2 Å². The molecule has 1 saturated heterocycles. The van der Waals surface area contributed by atoms with Gasteiger partial charge in [-0.05, 0) is 48.9 Å². The van der Waals surface area contributed by atoms with Crippen molar-refractivity contribution in [1.29, 1.82) is 0 Å². The van der Waals surface area contributed by atoms with Crippen LogP contribution in [0.1, 0.15) is 18.9 Å². The third-order valence-corrected chi connectivity index (χ3v) is 5.46. The smallest absolute Gasteiger partial charge is 0.293 e. The molecule has 0 bridgehead atoms. The standard InChI is InChI=1S/C22H28N2O7S/c1-6-7-10-31-14(2)20(25)23-8-9-24-21(26)18(32-22(24)27)13-15-11-16(28-3)19(30-5)17(12-15)29-4/h6,11-14H,1,7-10H2,2-5H3,(H,23,25)/b18-13-. The molecular formula is C22H28N2O7S. The number of carbonyl (C=O) groups is 3. The number of nitrogens with zero attached hydrogens (tertiary/aromatic N) is 1. The minimum absolute atomic E-state index is 0.0579. The molecule has 0 saturated carbocycles. The predicted octanol–water partition coefficient (Wildman–Crippen LogP) is 2.85. The molecule has 0 aromatic heterocycles. The Morgan fingerprint density at radius 2 is 1.84 bits per heavy atom. The van der Waals surface area contributed by atoms with Crippen LogP contribution in [0, 0.1) is 0 Å². The maximum atomic E-state index is 12.7. The van der Waals surface area contributed by atoms with Crippen LogP contribution in [-0.2, 0) is 14.3 Å². The fourth-order valence-corrected chi connectivity index (χ4v) is 3.73. The van der Waals surface area contributed by atoms with Crippen LogP contribution in [0.2, 0.25) is 0 Å². The van der Waals surface area contributed by atoms with E-state index in [1.54, 1.807) is 31.2 Å². The van der Waals surface area contributed by atoms with Gasteiger partial charge in [-0.1, -0.05) is 6.08 Å². The molecule has 1 aliphatic heterocycles. The summed E-state index contributed by atoms with van der Waals surface area (Å²) in [7, 11) is 4.49. The summed E-state index contributed by atoms with van der Waals surface area (Å²) in [6.07, 6.45) is 3.30. The van der Waals surface area contributed by atoms with E-state index >= 15 is 0 Å². The normalized spacial score (nSPS) is 15.6. The lowest BCUT2D eigenvalue weighted by molar-refractivity contribution is -0.132. The summed E-state index contributed by atoms with van der Waals surface area (Å²) >= 11 is 0.831. The molecule has 1 aromatic rings. The van der Waals surface area contributed by atoms with Gasteiger partial charge >= 0.3 is 0 Å². The van der Waals surface area contributed by atoms with Crippen molar-refractivity contribution in [3.05, 3.63) is 35.3 Å². The Hall–Kier alpha value is -2.98. The number of imide groups is 1. The van der Waals surface area contributed by atoms with E-state index in [1.165, 1.54) is 21.3 Å². The summed E-state index contributed by atoms with van der Waals surface area (Å²) < 4.78 is 21.3. The van der Waals surface area contributed by atoms with Gasteiger partial charge in [0.25, 0.3) is 11.1 Å². The van der Waals surface area contributed by atoms with Crippen molar-refractivity contribution >= 4 is 34.9 Å². The Bertz CT molecular complexity index is 875. The lowest BCUT2D eigenvalue weighted by Gasteiger charge is -2.15. The number of benzene rings is 1. The Balaban J connectivity index is 2.03. The highest BCUT2D eigenvalue weighted by molar-refractivity contribution is 8.18. The van der Waals surface area contributed by atoms with Crippen LogP contribution in [0.5, 0.6) is 17.2 Å². The first-order chi connectivity index (χ1) is 15.4. The Morgan fingerprint density at radius 3 is 2.41 bits per heavy atom. The van der Waals surface area contributed by atoms with E-state index in [2.05, 4.69) is 11.9 Å². The van der Waals surface area contributed by atoms with Crippen LogP contribution in [0.3, 0.4) is 0 Å². The maximum Gasteiger partial charge on any atom is 0.293 e. The molecule has 0 aliphatic carbocycles. The number of hydrogen-bond acceptors (Lipinski definition) is 8. The molecule has 1 atom stereocenters. The highest BCUT2D eigenvalue weighted by Gasteiger charge is 2.35. The van der Waals surface area contributed by atoms with E-state index in [9.17, 15) is 14.4 Å². The lowest BCUT2D eigenvalue weighted by Crippen LogP contribution is -2.41. The van der Waals surface area contributed by atoms with Gasteiger partial charge in [-0.25, -0.2) is 0 Å². The highest BCUT2D eigenvalue weighted by Crippen LogP contribution is 2.40. The maximum absolute atomic E-state index is 12.7. The first-order valence-electron chi connectivity index (χ1n) is 9.91. The molecule has 1 N–H and O–H groups in total. The lowest BCUT2D eigenvalue weighted by atomic mass is 10.1. The first kappa shape index (κ1) is 25.3. The molecule has 1 fully saturated rings. The molecule has 2 rings (SSSR count). The van der Waals surface area contributed by atoms with Crippen LogP contribution in [0.4, 0.5) is 4.79 Å². The molecule has 1 aliphatic rings. The van der Waals surface area contributed by atoms with Crippen molar-refractivity contribution in [2.75, 3.05) is 41.0 Å². The fourth-order valence-electron chi connectivity index (χ4n) is 2.87. The molecule has 0 spiro atoms. The molecule has 32 heavy (non-hydrogen) atoms. The molecule has 174 valence electrons. The number of amides is 3. The Morgan fingerprint density at radius 1 is 1.19 bits per heavy atom. The minimum Gasteiger partial charge on any atom is -0.493 e. The van der Waals surface area contributed by atoms with Gasteiger partial charge in [0.1, 0.15) is 6.10 Å². The first-order valence-corrected chi connectivity index (χ1v) is 10.7. The van der Waals surface area contributed by atoms with Crippen molar-refractivity contribution in [3.8, 4) is 17.2 Å². The zero-order valence-corrected chi connectivity index (χ0v) is 19.5. The van der Waals surface area contributed by atoms with Crippen LogP contribution >= 0.6 is 11.8 Å². The number of ether oxygens (including phenoxy) is 4. The summed E-state index contributed by atoms with van der Waals surface area (Å²) in [5.74, 6) is 0.555. The number of carbonyl (C=O) groups excluding carboxylic acids is 3. The third kappa shape index (κ3) is 6.27. The highest BCUT2D eigenvalue weighted by atomic mass is 32.2. The molecule has 3 amide bonds. The van der Waals surface area contributed by atoms with E-state index in [-0.39, 0.29) is 23.9 Å². The second-order valence-electron chi connectivity index (χ2n) is 6.67. The predicted molar refractivity (Wildman–Crippen MR) is 122 cm³/mol. The summed E-state index contributed by atoms with van der Waals surface area (Å²) in [5, 5.41) is 2.27. The second kappa shape index (κ2) is 12.2. The van der Waals surface area contributed by atoms with Gasteiger partial charge in [0.2, 0.25) is 11.7 Å². The molecule has 1 heterocycles. The quantitative estimate of drug-likeness (QED) is 0.286. The van der Waals surface area contributed by atoms with Crippen LogP contribution < -0.4 is 19.5 Å². The van der Waals surface area contributed by atoms with Gasteiger partial charge in [0, 0.05) is 13.1 Å². The van der Waals surface area contributed by atoms with E-state index < -0.39 is 17.3 Å². The molecule has 1 aromatic carbocycles. The number of nitrogens with one attached hydrogen (secondary N) is 1. The average Bonchev–Trinajstić information content (AvgIpc) is 3.05. The van der Waals surface area contributed by atoms with E-state index in [0.717, 1.165) is 16.7 Å². The van der Waals surface area contributed by atoms with Gasteiger partial charge in [0.05, 0.1) is 32.8 Å². The second-order valence-corrected chi connectivity index (χ2v) is 7.67. The van der Waals surface area contributed by atoms with E-state index in [1.807, 2.05) is 0 Å². The fraction of sp³-hybridized carbons (Fsp3) is 0.409. The van der Waals surface area contributed by atoms with Gasteiger partial charge in [-0.15, -0.1) is 6.58 Å². The van der Waals surface area contributed by atoms with Crippen LogP contribution in [0.15, 0.2) is 29.7 Å². The topological polar surface area (TPSA) is 103 Å². The van der Waals surface area contributed by atoms with Crippen LogP contribution in [0.25, 0.3) is 6.08 Å². The van der Waals surface area contributed by atoms with Gasteiger partial charge in [-0.3, -0.25) is 19.3 Å². The van der Waals surface area contributed by atoms with Gasteiger partial charge in [0.15, 0.2) is 11.5 Å². The monoisotopic (exact) mass is 464 g/mol. The van der Waals surface area contributed by atoms with Gasteiger partial charge < -0.3 is 24.3 Å². The number of thioether (sulfide) groups is 1. The Labute approximate surface area is 191 Å². The summed E-state index contributed by atoms with van der Waals surface area (Å²) in [5.41, 5.74) is 0.615. The van der Waals surface area contributed by atoms with E-state index in [0.29, 0.717) is 35.8 Å². The molecular weight excluding hydrogens is 436 g/mol. The summed E-state index contributed by atoms with van der Waals surface area (Å²) in [6, 6.07) is 3.37. The van der Waals surface area contributed by atoms with E-state index in [4.69, 9.17) is 18.9 Å². The van der Waals surface area contributed by atoms with Crippen molar-refractivity contribution in [3.63, 3.8) is 0 Å². The van der Waals surface area contributed by atoms with Crippen molar-refractivity contribution < 1.29 is 33.3 Å². The van der Waals surface area contributed by atoms with Crippen molar-refractivity contribution in [2.45, 2.75) is 19.4 Å². The van der Waals surface area contributed by atoms with Crippen molar-refractivity contribution in [2.24, 2.45) is 0 Å². The Kier molecular flexibility index (Phi) is 9.61. The van der Waals surface area contributed by atoms with Gasteiger partial charge in [-0.2, -0.15) is 0 Å². The number of hydrogen-bond donors (Lipinski definition) is 1. The molecule has 9 nitrogen and oxygen atoms in total. The molecule has 0 radical (unpaired) electrons. The number of rotatable bonds is 12. The third-order valence-electron chi connectivity index (χ3n) is 4.55. The van der Waals surface area contributed by atoms with Crippen LogP contribution in [-0.4, -0.2) is 69.1 Å². The summed E-state index contributed by atoms with van der Waals surface area (Å²) in [4.78, 5) is 38.5. The minimum atomic E-state index is -0.634. The number of methoxy groups -OCH3 is 3. The SMILES string of the molecule is C=CCCOC(C)C(=O)NCCN1C(=O)S/C(=C\c2cc(OC)c(OC)c(OC)c2)C1=O. The largest absolute Gasteiger partial charge is 0.493 e. The summed E-state index contributed by atoms with van der Waals surface area (Å²) in [6.45, 7) is 5.81. The average molecular weight is 465 g/mol. The molecule has 1 unspecified atom stereocenters. The zero-order chi connectivity index (χ0) is 23.7. The molecule has 10 heteroatoms. The zero-order valence-electron chi connectivity index (χ0n) is 18.6.